The lowest BCUT2D eigenvalue weighted by Gasteiger charge is -2.21. The molecule has 3 aromatic rings. The molecule has 2 heterocycles. The number of ether oxygens (including phenoxy) is 2. The minimum absolute atomic E-state index is 0.108. The van der Waals surface area contributed by atoms with Crippen LogP contribution in [0.2, 0.25) is 0 Å². The van der Waals surface area contributed by atoms with Gasteiger partial charge in [0.2, 0.25) is 5.91 Å². The standard InChI is InChI=1S/C28H24F7N3O6/c1-13-7-8-37(12-20(39)28(33,34)35)26(42)23(13)38-11-17(21-18(29)9-16(43-2)10-19(21)30)22(25(38)41)36-24(40)14-3-5-15(6-4-14)44-27(31)32/h3-10,17,20,22,27,39H,11-12H2,1-2H3,(H,36,40)/t17-,20?,22-/m0/s1. The molecule has 3 atom stereocenters. The van der Waals surface area contributed by atoms with Crippen molar-refractivity contribution in [2.75, 3.05) is 18.6 Å². The highest BCUT2D eigenvalue weighted by atomic mass is 19.4. The number of amides is 2. The lowest BCUT2D eigenvalue weighted by molar-refractivity contribution is -0.207. The fraction of sp³-hybridized carbons (Fsp3) is 0.321. The summed E-state index contributed by atoms with van der Waals surface area (Å²) in [6, 6.07) is 5.48. The normalized spacial score (nSPS) is 17.6. The van der Waals surface area contributed by atoms with E-state index in [1.807, 2.05) is 0 Å². The largest absolute Gasteiger partial charge is 0.497 e. The number of rotatable bonds is 9. The van der Waals surface area contributed by atoms with E-state index in [1.165, 1.54) is 13.0 Å². The van der Waals surface area contributed by atoms with Gasteiger partial charge in [-0.15, -0.1) is 0 Å². The van der Waals surface area contributed by atoms with Gasteiger partial charge in [-0.3, -0.25) is 14.4 Å². The van der Waals surface area contributed by atoms with Gasteiger partial charge in [0.05, 0.1) is 13.7 Å². The molecule has 9 nitrogen and oxygen atoms in total. The lowest BCUT2D eigenvalue weighted by atomic mass is 9.92. The van der Waals surface area contributed by atoms with Crippen molar-refractivity contribution in [1.82, 2.24) is 9.88 Å². The van der Waals surface area contributed by atoms with E-state index in [1.54, 1.807) is 0 Å². The minimum atomic E-state index is -5.05. The van der Waals surface area contributed by atoms with Crippen LogP contribution in [0.3, 0.4) is 0 Å². The summed E-state index contributed by atoms with van der Waals surface area (Å²) in [6.07, 6.45) is -6.98. The highest BCUT2D eigenvalue weighted by molar-refractivity contribution is 6.05. The first kappa shape index (κ1) is 32.3. The SMILES string of the molecule is COc1cc(F)c([C@@H]2CN(c3c(C)ccn(CC(O)C(F)(F)F)c3=O)C(=O)[C@H]2NC(=O)c2ccc(OC(F)F)cc2)c(F)c1. The monoisotopic (exact) mass is 631 g/mol. The average Bonchev–Trinajstić information content (AvgIpc) is 3.24. The van der Waals surface area contributed by atoms with Gasteiger partial charge in [0.25, 0.3) is 11.5 Å². The number of carbonyl (C=O) groups excluding carboxylic acids is 2. The number of benzene rings is 2. The zero-order chi connectivity index (χ0) is 32.5. The molecule has 1 aliphatic heterocycles. The second-order valence-electron chi connectivity index (χ2n) is 9.78. The van der Waals surface area contributed by atoms with Crippen molar-refractivity contribution in [3.8, 4) is 11.5 Å². The molecule has 2 amide bonds. The van der Waals surface area contributed by atoms with E-state index in [0.717, 1.165) is 54.6 Å². The van der Waals surface area contributed by atoms with Crippen LogP contribution in [0.15, 0.2) is 53.5 Å². The first-order chi connectivity index (χ1) is 20.6. The van der Waals surface area contributed by atoms with Gasteiger partial charge >= 0.3 is 12.8 Å². The van der Waals surface area contributed by atoms with Crippen molar-refractivity contribution in [2.45, 2.75) is 44.3 Å². The maximum absolute atomic E-state index is 15.2. The van der Waals surface area contributed by atoms with Crippen LogP contribution in [-0.4, -0.2) is 60.1 Å². The Morgan fingerprint density at radius 2 is 1.68 bits per heavy atom. The minimum Gasteiger partial charge on any atom is -0.497 e. The third kappa shape index (κ3) is 6.64. The fourth-order valence-corrected chi connectivity index (χ4v) is 4.81. The van der Waals surface area contributed by atoms with Crippen LogP contribution in [-0.2, 0) is 11.3 Å². The molecule has 0 spiro atoms. The summed E-state index contributed by atoms with van der Waals surface area (Å²) >= 11 is 0. The Morgan fingerprint density at radius 3 is 2.23 bits per heavy atom. The number of pyridine rings is 1. The van der Waals surface area contributed by atoms with Gasteiger partial charge in [-0.1, -0.05) is 0 Å². The summed E-state index contributed by atoms with van der Waals surface area (Å²) in [5, 5.41) is 11.9. The molecule has 16 heteroatoms. The molecule has 1 saturated heterocycles. The number of aliphatic hydroxyl groups is 1. The molecular weight excluding hydrogens is 607 g/mol. The first-order valence-electron chi connectivity index (χ1n) is 12.8. The number of nitrogens with zero attached hydrogens (tertiary/aromatic N) is 2. The molecule has 0 aliphatic carbocycles. The van der Waals surface area contributed by atoms with E-state index in [4.69, 9.17) is 4.74 Å². The number of hydrogen-bond acceptors (Lipinski definition) is 6. The molecule has 2 N–H and O–H groups in total. The van der Waals surface area contributed by atoms with E-state index in [2.05, 4.69) is 10.1 Å². The van der Waals surface area contributed by atoms with Crippen molar-refractivity contribution >= 4 is 17.5 Å². The van der Waals surface area contributed by atoms with Crippen LogP contribution in [0.25, 0.3) is 0 Å². The van der Waals surface area contributed by atoms with E-state index < -0.39 is 84.2 Å². The van der Waals surface area contributed by atoms with Crippen molar-refractivity contribution in [3.05, 3.63) is 87.3 Å². The average molecular weight is 632 g/mol. The quantitative estimate of drug-likeness (QED) is 0.347. The van der Waals surface area contributed by atoms with Gasteiger partial charge in [-0.25, -0.2) is 8.78 Å². The van der Waals surface area contributed by atoms with Crippen LogP contribution < -0.4 is 25.2 Å². The number of halogens is 7. The van der Waals surface area contributed by atoms with Gasteiger partial charge in [-0.2, -0.15) is 22.0 Å². The van der Waals surface area contributed by atoms with Crippen molar-refractivity contribution < 1.29 is 54.9 Å². The van der Waals surface area contributed by atoms with Gasteiger partial charge < -0.3 is 29.4 Å². The summed E-state index contributed by atoms with van der Waals surface area (Å²) in [7, 11) is 1.16. The number of hydrogen-bond donors (Lipinski definition) is 2. The van der Waals surface area contributed by atoms with Crippen LogP contribution in [0, 0.1) is 18.6 Å². The van der Waals surface area contributed by atoms with Gasteiger partial charge in [0.15, 0.2) is 6.10 Å². The van der Waals surface area contributed by atoms with Crippen molar-refractivity contribution in [3.63, 3.8) is 0 Å². The maximum atomic E-state index is 15.2. The Labute approximate surface area is 244 Å². The Balaban J connectivity index is 1.75. The molecule has 1 fully saturated rings. The Hall–Kier alpha value is -4.60. The number of aromatic nitrogens is 1. The van der Waals surface area contributed by atoms with E-state index in [-0.39, 0.29) is 22.6 Å². The maximum Gasteiger partial charge on any atom is 0.416 e. The number of anilines is 1. The first-order valence-corrected chi connectivity index (χ1v) is 12.8. The summed E-state index contributed by atoms with van der Waals surface area (Å²) in [6.45, 7) is -3.55. The number of carbonyl (C=O) groups is 2. The highest BCUT2D eigenvalue weighted by Gasteiger charge is 2.46. The molecule has 1 unspecified atom stereocenters. The van der Waals surface area contributed by atoms with E-state index in [9.17, 15) is 41.4 Å². The molecule has 44 heavy (non-hydrogen) atoms. The zero-order valence-electron chi connectivity index (χ0n) is 22.9. The smallest absolute Gasteiger partial charge is 0.416 e. The fourth-order valence-electron chi connectivity index (χ4n) is 4.81. The van der Waals surface area contributed by atoms with Gasteiger partial charge in [-0.05, 0) is 42.8 Å². The topological polar surface area (TPSA) is 110 Å². The summed E-state index contributed by atoms with van der Waals surface area (Å²) in [4.78, 5) is 40.9. The molecule has 1 aromatic heterocycles. The van der Waals surface area contributed by atoms with Gasteiger partial charge in [0.1, 0.15) is 34.9 Å². The number of alkyl halides is 5. The van der Waals surface area contributed by atoms with Crippen molar-refractivity contribution in [2.24, 2.45) is 0 Å². The Bertz CT molecular complexity index is 1590. The third-order valence-electron chi connectivity index (χ3n) is 6.96. The molecule has 2 aromatic carbocycles. The van der Waals surface area contributed by atoms with Crippen LogP contribution in [0.5, 0.6) is 11.5 Å². The lowest BCUT2D eigenvalue weighted by Crippen LogP contribution is -2.45. The van der Waals surface area contributed by atoms with Crippen LogP contribution in [0.1, 0.15) is 27.4 Å². The summed E-state index contributed by atoms with van der Waals surface area (Å²) in [5.74, 6) is -6.21. The molecule has 0 bridgehead atoms. The number of aryl methyl sites for hydroxylation is 1. The van der Waals surface area contributed by atoms with Crippen LogP contribution in [0.4, 0.5) is 36.4 Å². The van der Waals surface area contributed by atoms with E-state index in [0.29, 0.717) is 4.57 Å². The Kier molecular flexibility index (Phi) is 9.22. The second kappa shape index (κ2) is 12.6. The highest BCUT2D eigenvalue weighted by Crippen LogP contribution is 2.36. The van der Waals surface area contributed by atoms with Gasteiger partial charge in [0, 0.05) is 41.9 Å². The van der Waals surface area contributed by atoms with E-state index >= 15 is 8.78 Å². The molecule has 0 radical (unpaired) electrons. The molecular formula is C28H24F7N3O6. The molecule has 4 rings (SSSR count). The predicted octanol–water partition coefficient (Wildman–Crippen LogP) is 3.90. The van der Waals surface area contributed by atoms with Crippen molar-refractivity contribution in [1.29, 1.82) is 0 Å². The molecule has 0 saturated carbocycles. The number of nitrogens with one attached hydrogen (secondary N) is 1. The summed E-state index contributed by atoms with van der Waals surface area (Å²) < 4.78 is 104. The second-order valence-corrected chi connectivity index (χ2v) is 9.78. The number of aliphatic hydroxyl groups excluding tert-OH is 1. The zero-order valence-corrected chi connectivity index (χ0v) is 22.9. The Morgan fingerprint density at radius 1 is 1.07 bits per heavy atom. The van der Waals surface area contributed by atoms with Crippen LogP contribution >= 0.6 is 0 Å². The third-order valence-corrected chi connectivity index (χ3v) is 6.96. The predicted molar refractivity (Wildman–Crippen MR) is 140 cm³/mol. The summed E-state index contributed by atoms with van der Waals surface area (Å²) in [5.41, 5.74) is -2.23. The number of methoxy groups -OCH3 is 1. The molecule has 1 aliphatic rings. The molecule has 236 valence electrons.